The molecule has 1 N–H and O–H groups in total. The summed E-state index contributed by atoms with van der Waals surface area (Å²) in [5, 5.41) is 0. The average Bonchev–Trinajstić information content (AvgIpc) is 2.35. The number of aromatic amines is 1. The van der Waals surface area contributed by atoms with Crippen molar-refractivity contribution in [2.45, 2.75) is 13.8 Å². The molecule has 1 aromatic heterocycles. The maximum absolute atomic E-state index is 5.32. The molecule has 88 valence electrons. The molecule has 17 heavy (non-hydrogen) atoms. The van der Waals surface area contributed by atoms with E-state index in [0.717, 1.165) is 28.4 Å². The van der Waals surface area contributed by atoms with Crippen molar-refractivity contribution in [1.82, 2.24) is 9.97 Å². The van der Waals surface area contributed by atoms with Crippen LogP contribution in [0.2, 0.25) is 0 Å². The van der Waals surface area contributed by atoms with Crippen molar-refractivity contribution in [2.24, 2.45) is 0 Å². The number of aryl methyl sites for hydroxylation is 1. The topological polar surface area (TPSA) is 37.9 Å². The first-order valence-corrected chi connectivity index (χ1v) is 5.75. The van der Waals surface area contributed by atoms with Crippen LogP contribution in [0.25, 0.3) is 11.4 Å². The Morgan fingerprint density at radius 3 is 2.59 bits per heavy atom. The number of rotatable bonds is 2. The van der Waals surface area contributed by atoms with Crippen LogP contribution in [0.5, 0.6) is 5.75 Å². The minimum absolute atomic E-state index is 0.627. The van der Waals surface area contributed by atoms with E-state index in [0.29, 0.717) is 4.64 Å². The number of benzene rings is 1. The molecule has 2 aromatic rings. The van der Waals surface area contributed by atoms with E-state index in [9.17, 15) is 0 Å². The van der Waals surface area contributed by atoms with Crippen molar-refractivity contribution in [2.75, 3.05) is 7.11 Å². The second-order valence-corrected chi connectivity index (χ2v) is 4.23. The number of hydrogen-bond acceptors (Lipinski definition) is 3. The minimum Gasteiger partial charge on any atom is -0.496 e. The maximum atomic E-state index is 5.32. The monoisotopic (exact) mass is 246 g/mol. The summed E-state index contributed by atoms with van der Waals surface area (Å²) in [6, 6.07) is 7.74. The first-order chi connectivity index (χ1) is 8.13. The smallest absolute Gasteiger partial charge is 0.142 e. The Labute approximate surface area is 105 Å². The van der Waals surface area contributed by atoms with Crippen LogP contribution in [0.3, 0.4) is 0 Å². The van der Waals surface area contributed by atoms with E-state index >= 15 is 0 Å². The van der Waals surface area contributed by atoms with Gasteiger partial charge < -0.3 is 9.72 Å². The number of hydrogen-bond donors (Lipinski definition) is 1. The number of para-hydroxylation sites is 1. The van der Waals surface area contributed by atoms with E-state index < -0.39 is 0 Å². The quantitative estimate of drug-likeness (QED) is 0.825. The van der Waals surface area contributed by atoms with E-state index in [1.807, 2.05) is 38.1 Å². The van der Waals surface area contributed by atoms with Gasteiger partial charge in [-0.15, -0.1) is 0 Å². The van der Waals surface area contributed by atoms with Gasteiger partial charge in [0.15, 0.2) is 0 Å². The molecule has 0 aliphatic carbocycles. The summed E-state index contributed by atoms with van der Waals surface area (Å²) in [5.41, 5.74) is 2.97. The highest BCUT2D eigenvalue weighted by Crippen LogP contribution is 2.27. The van der Waals surface area contributed by atoms with Crippen LogP contribution in [-0.4, -0.2) is 17.1 Å². The lowest BCUT2D eigenvalue weighted by molar-refractivity contribution is 0.416. The number of nitrogens with one attached hydrogen (secondary N) is 1. The number of nitrogens with zero attached hydrogens (tertiary/aromatic N) is 1. The van der Waals surface area contributed by atoms with Gasteiger partial charge in [0.25, 0.3) is 0 Å². The molecule has 2 rings (SSSR count). The number of aromatic nitrogens is 2. The van der Waals surface area contributed by atoms with Gasteiger partial charge in [0.1, 0.15) is 16.2 Å². The molecule has 0 saturated carbocycles. The summed E-state index contributed by atoms with van der Waals surface area (Å²) in [6.07, 6.45) is 0. The second kappa shape index (κ2) is 4.67. The van der Waals surface area contributed by atoms with E-state index in [4.69, 9.17) is 17.0 Å². The van der Waals surface area contributed by atoms with Gasteiger partial charge in [-0.2, -0.15) is 0 Å². The van der Waals surface area contributed by atoms with Gasteiger partial charge in [0.05, 0.1) is 12.7 Å². The predicted molar refractivity (Wildman–Crippen MR) is 70.9 cm³/mol. The molecule has 0 amide bonds. The van der Waals surface area contributed by atoms with Crippen LogP contribution >= 0.6 is 12.2 Å². The number of ether oxygens (including phenoxy) is 1. The van der Waals surface area contributed by atoms with Crippen LogP contribution in [0.15, 0.2) is 24.3 Å². The lowest BCUT2D eigenvalue weighted by Crippen LogP contribution is -1.98. The van der Waals surface area contributed by atoms with Gasteiger partial charge in [-0.05, 0) is 26.0 Å². The SMILES string of the molecule is COc1ccccc1-c1nc(=S)c(C)c(C)[nH]1. The lowest BCUT2D eigenvalue weighted by atomic mass is 10.1. The van der Waals surface area contributed by atoms with Gasteiger partial charge in [0.2, 0.25) is 0 Å². The van der Waals surface area contributed by atoms with Crippen LogP contribution in [-0.2, 0) is 0 Å². The van der Waals surface area contributed by atoms with E-state index in [1.54, 1.807) is 7.11 Å². The molecule has 0 aliphatic heterocycles. The van der Waals surface area contributed by atoms with Gasteiger partial charge in [0, 0.05) is 11.3 Å². The second-order valence-electron chi connectivity index (χ2n) is 3.84. The molecule has 1 aromatic carbocycles. The Hall–Kier alpha value is -1.68. The van der Waals surface area contributed by atoms with Crippen LogP contribution < -0.4 is 4.74 Å². The summed E-state index contributed by atoms with van der Waals surface area (Å²) in [7, 11) is 1.65. The molecular weight excluding hydrogens is 232 g/mol. The maximum Gasteiger partial charge on any atom is 0.142 e. The fourth-order valence-corrected chi connectivity index (χ4v) is 1.86. The van der Waals surface area contributed by atoms with Crippen molar-refractivity contribution >= 4 is 12.2 Å². The van der Waals surface area contributed by atoms with Crippen molar-refractivity contribution in [3.8, 4) is 17.1 Å². The van der Waals surface area contributed by atoms with Gasteiger partial charge in [-0.3, -0.25) is 0 Å². The van der Waals surface area contributed by atoms with Crippen molar-refractivity contribution in [3.05, 3.63) is 40.2 Å². The minimum atomic E-state index is 0.627. The predicted octanol–water partition coefficient (Wildman–Crippen LogP) is 3.43. The molecule has 0 radical (unpaired) electrons. The van der Waals surface area contributed by atoms with E-state index in [-0.39, 0.29) is 0 Å². The summed E-state index contributed by atoms with van der Waals surface area (Å²) in [5.74, 6) is 1.53. The van der Waals surface area contributed by atoms with Crippen LogP contribution in [0.1, 0.15) is 11.3 Å². The number of methoxy groups -OCH3 is 1. The molecule has 3 nitrogen and oxygen atoms in total. The zero-order valence-corrected chi connectivity index (χ0v) is 10.9. The normalized spacial score (nSPS) is 10.3. The molecule has 0 unspecified atom stereocenters. The molecular formula is C13H14N2OS. The number of H-pyrrole nitrogens is 1. The molecule has 0 atom stereocenters. The molecule has 0 spiro atoms. The van der Waals surface area contributed by atoms with Crippen molar-refractivity contribution in [3.63, 3.8) is 0 Å². The Balaban J connectivity index is 2.65. The standard InChI is InChI=1S/C13H14N2OS/c1-8-9(2)14-12(15-13(8)17)10-6-4-5-7-11(10)16-3/h4-7H,1-3H3,(H,14,15,17). The Kier molecular flexibility index (Phi) is 3.24. The molecule has 0 aliphatic rings. The molecule has 1 heterocycles. The highest BCUT2D eigenvalue weighted by atomic mass is 32.1. The lowest BCUT2D eigenvalue weighted by Gasteiger charge is -2.09. The summed E-state index contributed by atoms with van der Waals surface area (Å²) in [4.78, 5) is 7.64. The highest BCUT2D eigenvalue weighted by molar-refractivity contribution is 7.71. The molecule has 4 heteroatoms. The van der Waals surface area contributed by atoms with Gasteiger partial charge in [-0.25, -0.2) is 4.98 Å². The Morgan fingerprint density at radius 1 is 1.24 bits per heavy atom. The summed E-state index contributed by atoms with van der Waals surface area (Å²) < 4.78 is 5.94. The fourth-order valence-electron chi connectivity index (χ4n) is 1.61. The zero-order valence-electron chi connectivity index (χ0n) is 10.1. The Morgan fingerprint density at radius 2 is 1.94 bits per heavy atom. The summed E-state index contributed by atoms with van der Waals surface area (Å²) >= 11 is 5.24. The highest BCUT2D eigenvalue weighted by Gasteiger charge is 2.08. The van der Waals surface area contributed by atoms with Crippen LogP contribution in [0, 0.1) is 18.5 Å². The van der Waals surface area contributed by atoms with Crippen LogP contribution in [0.4, 0.5) is 0 Å². The van der Waals surface area contributed by atoms with E-state index in [2.05, 4.69) is 9.97 Å². The van der Waals surface area contributed by atoms with Gasteiger partial charge in [-0.1, -0.05) is 24.4 Å². The van der Waals surface area contributed by atoms with Gasteiger partial charge >= 0.3 is 0 Å². The fraction of sp³-hybridized carbons (Fsp3) is 0.231. The first kappa shape index (κ1) is 11.8. The molecule has 0 bridgehead atoms. The van der Waals surface area contributed by atoms with Crippen molar-refractivity contribution in [1.29, 1.82) is 0 Å². The van der Waals surface area contributed by atoms with E-state index in [1.165, 1.54) is 0 Å². The Bertz CT molecular complexity index is 605. The third kappa shape index (κ3) is 2.22. The summed E-state index contributed by atoms with van der Waals surface area (Å²) in [6.45, 7) is 3.96. The average molecular weight is 246 g/mol. The zero-order chi connectivity index (χ0) is 12.4. The molecule has 0 fully saturated rings. The third-order valence-corrected chi connectivity index (χ3v) is 3.16. The van der Waals surface area contributed by atoms with Crippen molar-refractivity contribution < 1.29 is 4.74 Å². The first-order valence-electron chi connectivity index (χ1n) is 5.34. The molecule has 0 saturated heterocycles. The largest absolute Gasteiger partial charge is 0.496 e. The third-order valence-electron chi connectivity index (χ3n) is 2.76.